The first-order valence-electron chi connectivity index (χ1n) is 7.82. The fraction of sp³-hybridized carbons (Fsp3) is 0.438. The molecule has 1 aromatic heterocycles. The van der Waals surface area contributed by atoms with Gasteiger partial charge in [-0.05, 0) is 31.4 Å². The van der Waals surface area contributed by atoms with Crippen molar-refractivity contribution >= 4 is 10.0 Å². The SMILES string of the molecule is CCCS(=O)(=O)N1CCCC1c1ncc(-c2ccccc2F)[nH]1. The Labute approximate surface area is 135 Å². The van der Waals surface area contributed by atoms with Gasteiger partial charge < -0.3 is 4.98 Å². The Morgan fingerprint density at radius 3 is 2.91 bits per heavy atom. The summed E-state index contributed by atoms with van der Waals surface area (Å²) in [6.07, 6.45) is 3.69. The van der Waals surface area contributed by atoms with E-state index < -0.39 is 10.0 Å². The van der Waals surface area contributed by atoms with Gasteiger partial charge in [0.1, 0.15) is 11.6 Å². The van der Waals surface area contributed by atoms with Crippen LogP contribution in [0.5, 0.6) is 0 Å². The maximum Gasteiger partial charge on any atom is 0.214 e. The molecular formula is C16H20FN3O2S. The van der Waals surface area contributed by atoms with Crippen molar-refractivity contribution in [1.82, 2.24) is 14.3 Å². The molecular weight excluding hydrogens is 317 g/mol. The molecule has 0 saturated carbocycles. The third-order valence-corrected chi connectivity index (χ3v) is 6.17. The molecule has 0 amide bonds. The summed E-state index contributed by atoms with van der Waals surface area (Å²) in [5.74, 6) is 0.398. The lowest BCUT2D eigenvalue weighted by atomic mass is 10.1. The lowest BCUT2D eigenvalue weighted by Crippen LogP contribution is -2.32. The first kappa shape index (κ1) is 16.1. The minimum Gasteiger partial charge on any atom is -0.341 e. The lowest BCUT2D eigenvalue weighted by molar-refractivity contribution is 0.385. The van der Waals surface area contributed by atoms with Crippen LogP contribution < -0.4 is 0 Å². The Hall–Kier alpha value is -1.73. The molecule has 0 bridgehead atoms. The summed E-state index contributed by atoms with van der Waals surface area (Å²) < 4.78 is 40.1. The van der Waals surface area contributed by atoms with Crippen LogP contribution in [0.2, 0.25) is 0 Å². The topological polar surface area (TPSA) is 66.1 Å². The van der Waals surface area contributed by atoms with E-state index in [0.717, 1.165) is 12.8 Å². The van der Waals surface area contributed by atoms with E-state index in [0.29, 0.717) is 30.0 Å². The highest BCUT2D eigenvalue weighted by Gasteiger charge is 2.36. The van der Waals surface area contributed by atoms with Gasteiger partial charge >= 0.3 is 0 Å². The molecule has 1 atom stereocenters. The molecule has 1 fully saturated rings. The number of nitrogens with one attached hydrogen (secondary N) is 1. The summed E-state index contributed by atoms with van der Waals surface area (Å²) in [6, 6.07) is 6.17. The first-order chi connectivity index (χ1) is 11.0. The second-order valence-corrected chi connectivity index (χ2v) is 7.79. The number of aromatic nitrogens is 2. The van der Waals surface area contributed by atoms with Crippen molar-refractivity contribution in [2.24, 2.45) is 0 Å². The van der Waals surface area contributed by atoms with Crippen molar-refractivity contribution < 1.29 is 12.8 Å². The summed E-state index contributed by atoms with van der Waals surface area (Å²) in [5.41, 5.74) is 1.00. The summed E-state index contributed by atoms with van der Waals surface area (Å²) in [6.45, 7) is 2.37. The van der Waals surface area contributed by atoms with E-state index in [-0.39, 0.29) is 17.6 Å². The largest absolute Gasteiger partial charge is 0.341 e. The molecule has 23 heavy (non-hydrogen) atoms. The number of rotatable bonds is 5. The highest BCUT2D eigenvalue weighted by molar-refractivity contribution is 7.89. The van der Waals surface area contributed by atoms with Gasteiger partial charge in [-0.3, -0.25) is 0 Å². The summed E-state index contributed by atoms with van der Waals surface area (Å²) in [4.78, 5) is 7.41. The van der Waals surface area contributed by atoms with Gasteiger partial charge in [0.15, 0.2) is 0 Å². The van der Waals surface area contributed by atoms with Gasteiger partial charge in [0.25, 0.3) is 0 Å². The van der Waals surface area contributed by atoms with Gasteiger partial charge in [0, 0.05) is 12.1 Å². The molecule has 0 spiro atoms. The van der Waals surface area contributed by atoms with Gasteiger partial charge in [-0.25, -0.2) is 17.8 Å². The molecule has 1 saturated heterocycles. The lowest BCUT2D eigenvalue weighted by Gasteiger charge is -2.22. The summed E-state index contributed by atoms with van der Waals surface area (Å²) in [5, 5.41) is 0. The second kappa shape index (κ2) is 6.41. The fourth-order valence-corrected chi connectivity index (χ4v) is 4.79. The Kier molecular flexibility index (Phi) is 4.50. The molecule has 2 aromatic rings. The molecule has 1 N–H and O–H groups in total. The molecule has 5 nitrogen and oxygen atoms in total. The van der Waals surface area contributed by atoms with Crippen LogP contribution in [-0.2, 0) is 10.0 Å². The van der Waals surface area contributed by atoms with Crippen LogP contribution in [0.15, 0.2) is 30.5 Å². The van der Waals surface area contributed by atoms with Gasteiger partial charge in [-0.1, -0.05) is 19.1 Å². The maximum absolute atomic E-state index is 13.9. The second-order valence-electron chi connectivity index (χ2n) is 5.75. The van der Waals surface area contributed by atoms with E-state index >= 15 is 0 Å². The number of hydrogen-bond acceptors (Lipinski definition) is 3. The number of aromatic amines is 1. The first-order valence-corrected chi connectivity index (χ1v) is 9.43. The molecule has 1 unspecified atom stereocenters. The van der Waals surface area contributed by atoms with Crippen LogP contribution in [0, 0.1) is 5.82 Å². The van der Waals surface area contributed by atoms with E-state index in [1.165, 1.54) is 10.4 Å². The van der Waals surface area contributed by atoms with Gasteiger partial charge in [-0.15, -0.1) is 0 Å². The van der Waals surface area contributed by atoms with Crippen LogP contribution in [0.25, 0.3) is 11.3 Å². The number of hydrogen-bond donors (Lipinski definition) is 1. The summed E-state index contributed by atoms with van der Waals surface area (Å²) >= 11 is 0. The van der Waals surface area contributed by atoms with Crippen molar-refractivity contribution in [3.05, 3.63) is 42.1 Å². The molecule has 0 aliphatic carbocycles. The van der Waals surface area contributed by atoms with E-state index in [4.69, 9.17) is 0 Å². The van der Waals surface area contributed by atoms with Gasteiger partial charge in [0.2, 0.25) is 10.0 Å². The Bertz CT molecular complexity index is 788. The Morgan fingerprint density at radius 2 is 2.17 bits per heavy atom. The average Bonchev–Trinajstić information content (AvgIpc) is 3.17. The predicted octanol–water partition coefficient (Wildman–Crippen LogP) is 3.09. The zero-order chi connectivity index (χ0) is 16.4. The van der Waals surface area contributed by atoms with E-state index in [1.54, 1.807) is 24.4 Å². The van der Waals surface area contributed by atoms with Crippen LogP contribution in [-0.4, -0.2) is 35.0 Å². The number of H-pyrrole nitrogens is 1. The smallest absolute Gasteiger partial charge is 0.214 e. The quantitative estimate of drug-likeness (QED) is 0.912. The normalized spacial score (nSPS) is 19.3. The molecule has 1 aliphatic rings. The van der Waals surface area contributed by atoms with E-state index in [9.17, 15) is 12.8 Å². The number of imidazole rings is 1. The number of halogens is 1. The minimum atomic E-state index is -3.27. The predicted molar refractivity (Wildman–Crippen MR) is 86.7 cm³/mol. The van der Waals surface area contributed by atoms with E-state index in [2.05, 4.69) is 9.97 Å². The van der Waals surface area contributed by atoms with Crippen LogP contribution in [0.3, 0.4) is 0 Å². The van der Waals surface area contributed by atoms with Gasteiger partial charge in [-0.2, -0.15) is 4.31 Å². The van der Waals surface area contributed by atoms with Crippen molar-refractivity contribution in [2.45, 2.75) is 32.2 Å². The molecule has 124 valence electrons. The molecule has 0 radical (unpaired) electrons. The number of benzene rings is 1. The molecule has 3 rings (SSSR count). The molecule has 1 aliphatic heterocycles. The Balaban J connectivity index is 1.89. The molecule has 7 heteroatoms. The van der Waals surface area contributed by atoms with E-state index in [1.807, 2.05) is 6.92 Å². The fourth-order valence-electron chi connectivity index (χ4n) is 3.04. The average molecular weight is 337 g/mol. The van der Waals surface area contributed by atoms with Crippen LogP contribution >= 0.6 is 0 Å². The van der Waals surface area contributed by atoms with Crippen molar-refractivity contribution in [3.8, 4) is 11.3 Å². The minimum absolute atomic E-state index is 0.143. The summed E-state index contributed by atoms with van der Waals surface area (Å²) in [7, 11) is -3.27. The highest BCUT2D eigenvalue weighted by atomic mass is 32.2. The third kappa shape index (κ3) is 3.16. The van der Waals surface area contributed by atoms with Crippen molar-refractivity contribution in [3.63, 3.8) is 0 Å². The van der Waals surface area contributed by atoms with Crippen LogP contribution in [0.4, 0.5) is 4.39 Å². The standard InChI is InChI=1S/C16H20FN3O2S/c1-2-10-23(21,22)20-9-5-8-15(20)16-18-11-14(19-16)12-6-3-4-7-13(12)17/h3-4,6-7,11,15H,2,5,8-10H2,1H3,(H,18,19). The van der Waals surface area contributed by atoms with Crippen molar-refractivity contribution in [2.75, 3.05) is 12.3 Å². The number of sulfonamides is 1. The zero-order valence-electron chi connectivity index (χ0n) is 13.0. The van der Waals surface area contributed by atoms with Crippen LogP contribution in [0.1, 0.15) is 38.1 Å². The molecule has 2 heterocycles. The van der Waals surface area contributed by atoms with Crippen molar-refractivity contribution in [1.29, 1.82) is 0 Å². The third-order valence-electron chi connectivity index (χ3n) is 4.10. The Morgan fingerprint density at radius 1 is 1.39 bits per heavy atom. The maximum atomic E-state index is 13.9. The molecule has 1 aromatic carbocycles. The zero-order valence-corrected chi connectivity index (χ0v) is 13.8. The highest BCUT2D eigenvalue weighted by Crippen LogP contribution is 2.34. The monoisotopic (exact) mass is 337 g/mol. The van der Waals surface area contributed by atoms with Gasteiger partial charge in [0.05, 0.1) is 23.7 Å². The number of nitrogens with zero attached hydrogens (tertiary/aromatic N) is 2.